The monoisotopic (exact) mass is 474 g/mol. The first-order valence-corrected chi connectivity index (χ1v) is 10.9. The number of ether oxygens (including phenoxy) is 1. The van der Waals surface area contributed by atoms with Gasteiger partial charge < -0.3 is 4.74 Å². The van der Waals surface area contributed by atoms with Crippen LogP contribution in [0, 0.1) is 25.5 Å². The van der Waals surface area contributed by atoms with Gasteiger partial charge in [-0.15, -0.1) is 23.7 Å². The highest BCUT2D eigenvalue weighted by molar-refractivity contribution is 7.22. The van der Waals surface area contributed by atoms with Gasteiger partial charge in [0.25, 0.3) is 5.91 Å². The molecule has 162 valence electrons. The molecule has 2 aromatic heterocycles. The SMILES string of the molecule is Cc1nc(C)c(C(=O)N(CCN2CCOCC2)c2nc3c(F)cc(F)cc3s2)s1.Cl. The van der Waals surface area contributed by atoms with Crippen LogP contribution in [0.15, 0.2) is 12.1 Å². The Labute approximate surface area is 186 Å². The minimum absolute atomic E-state index is 0. The Morgan fingerprint density at radius 2 is 1.93 bits per heavy atom. The maximum Gasteiger partial charge on any atom is 0.272 e. The first-order valence-electron chi connectivity index (χ1n) is 9.24. The Morgan fingerprint density at radius 3 is 2.60 bits per heavy atom. The van der Waals surface area contributed by atoms with Crippen LogP contribution in [0.25, 0.3) is 10.2 Å². The number of fused-ring (bicyclic) bond motifs is 1. The lowest BCUT2D eigenvalue weighted by molar-refractivity contribution is 0.0391. The van der Waals surface area contributed by atoms with Gasteiger partial charge >= 0.3 is 0 Å². The minimum Gasteiger partial charge on any atom is -0.379 e. The fourth-order valence-corrected chi connectivity index (χ4v) is 5.16. The third kappa shape index (κ3) is 4.78. The second-order valence-electron chi connectivity index (χ2n) is 6.79. The summed E-state index contributed by atoms with van der Waals surface area (Å²) in [6, 6.07) is 2.05. The number of aryl methyl sites for hydroxylation is 2. The Bertz CT molecular complexity index is 1050. The third-order valence-electron chi connectivity index (χ3n) is 4.72. The Balaban J connectivity index is 0.00000256. The maximum absolute atomic E-state index is 14.2. The molecule has 1 aliphatic rings. The normalized spacial score (nSPS) is 14.7. The molecular formula is C19H21ClF2N4O2S2. The lowest BCUT2D eigenvalue weighted by atomic mass is 10.3. The van der Waals surface area contributed by atoms with Crippen molar-refractivity contribution in [2.24, 2.45) is 0 Å². The number of nitrogens with zero attached hydrogens (tertiary/aromatic N) is 4. The van der Waals surface area contributed by atoms with Crippen molar-refractivity contribution in [3.63, 3.8) is 0 Å². The van der Waals surface area contributed by atoms with E-state index in [0.717, 1.165) is 35.5 Å². The summed E-state index contributed by atoms with van der Waals surface area (Å²) in [5.74, 6) is -1.61. The Morgan fingerprint density at radius 1 is 1.20 bits per heavy atom. The molecule has 0 aliphatic carbocycles. The number of amides is 1. The minimum atomic E-state index is -0.729. The fourth-order valence-electron chi connectivity index (χ4n) is 3.26. The van der Waals surface area contributed by atoms with Crippen molar-refractivity contribution >= 4 is 56.3 Å². The largest absolute Gasteiger partial charge is 0.379 e. The molecule has 30 heavy (non-hydrogen) atoms. The van der Waals surface area contributed by atoms with Gasteiger partial charge in [-0.1, -0.05) is 11.3 Å². The summed E-state index contributed by atoms with van der Waals surface area (Å²) in [5, 5.41) is 1.16. The number of aromatic nitrogens is 2. The molecule has 1 saturated heterocycles. The molecule has 0 saturated carbocycles. The van der Waals surface area contributed by atoms with Crippen LogP contribution in [0.3, 0.4) is 0 Å². The van der Waals surface area contributed by atoms with E-state index < -0.39 is 11.6 Å². The molecule has 0 bridgehead atoms. The van der Waals surface area contributed by atoms with E-state index in [1.807, 2.05) is 6.92 Å². The van der Waals surface area contributed by atoms with Crippen molar-refractivity contribution < 1.29 is 18.3 Å². The molecule has 1 amide bonds. The molecule has 6 nitrogen and oxygen atoms in total. The summed E-state index contributed by atoms with van der Waals surface area (Å²) >= 11 is 2.44. The van der Waals surface area contributed by atoms with E-state index in [-0.39, 0.29) is 23.8 Å². The van der Waals surface area contributed by atoms with Crippen molar-refractivity contribution in [2.75, 3.05) is 44.3 Å². The van der Waals surface area contributed by atoms with E-state index in [1.165, 1.54) is 17.4 Å². The zero-order valence-electron chi connectivity index (χ0n) is 16.5. The first-order chi connectivity index (χ1) is 13.9. The van der Waals surface area contributed by atoms with Crippen LogP contribution in [-0.2, 0) is 4.74 Å². The van der Waals surface area contributed by atoms with Gasteiger partial charge in [0.15, 0.2) is 10.9 Å². The molecule has 4 rings (SSSR count). The van der Waals surface area contributed by atoms with E-state index in [9.17, 15) is 13.6 Å². The van der Waals surface area contributed by atoms with Crippen molar-refractivity contribution in [3.05, 3.63) is 39.3 Å². The van der Waals surface area contributed by atoms with Gasteiger partial charge in [-0.05, 0) is 19.9 Å². The lowest BCUT2D eigenvalue weighted by Crippen LogP contribution is -2.43. The van der Waals surface area contributed by atoms with Gasteiger partial charge in [0.1, 0.15) is 16.2 Å². The van der Waals surface area contributed by atoms with Gasteiger partial charge in [0, 0.05) is 32.2 Å². The number of thiazole rings is 2. The highest BCUT2D eigenvalue weighted by atomic mass is 35.5. The number of morpholine rings is 1. The average molecular weight is 475 g/mol. The summed E-state index contributed by atoms with van der Waals surface area (Å²) in [5.41, 5.74) is 0.736. The molecule has 11 heteroatoms. The number of hydrogen-bond donors (Lipinski definition) is 0. The molecule has 0 N–H and O–H groups in total. The van der Waals surface area contributed by atoms with Crippen molar-refractivity contribution in [2.45, 2.75) is 13.8 Å². The number of carbonyl (C=O) groups excluding carboxylic acids is 1. The van der Waals surface area contributed by atoms with Crippen molar-refractivity contribution in [1.82, 2.24) is 14.9 Å². The van der Waals surface area contributed by atoms with E-state index in [4.69, 9.17) is 4.74 Å². The quantitative estimate of drug-likeness (QED) is 0.558. The lowest BCUT2D eigenvalue weighted by Gasteiger charge is -2.29. The summed E-state index contributed by atoms with van der Waals surface area (Å²) in [6.07, 6.45) is 0. The predicted molar refractivity (Wildman–Crippen MR) is 117 cm³/mol. The smallest absolute Gasteiger partial charge is 0.272 e. The number of halogens is 3. The second kappa shape index (κ2) is 9.61. The third-order valence-corrected chi connectivity index (χ3v) is 6.81. The molecule has 0 spiro atoms. The molecule has 1 aliphatic heterocycles. The predicted octanol–water partition coefficient (Wildman–Crippen LogP) is 4.05. The van der Waals surface area contributed by atoms with Crippen LogP contribution in [0.5, 0.6) is 0 Å². The zero-order chi connectivity index (χ0) is 20.5. The summed E-state index contributed by atoms with van der Waals surface area (Å²) < 4.78 is 33.5. The number of carbonyl (C=O) groups is 1. The summed E-state index contributed by atoms with van der Waals surface area (Å²) in [6.45, 7) is 7.57. The van der Waals surface area contributed by atoms with E-state index in [0.29, 0.717) is 46.7 Å². The van der Waals surface area contributed by atoms with Gasteiger partial charge in [-0.25, -0.2) is 18.7 Å². The van der Waals surface area contributed by atoms with Crippen molar-refractivity contribution in [3.8, 4) is 0 Å². The van der Waals surface area contributed by atoms with Crippen LogP contribution < -0.4 is 4.90 Å². The molecule has 0 radical (unpaired) electrons. The Hall–Kier alpha value is -1.72. The number of anilines is 1. The fraction of sp³-hybridized carbons (Fsp3) is 0.421. The molecule has 0 atom stereocenters. The van der Waals surface area contributed by atoms with Gasteiger partial charge in [0.2, 0.25) is 0 Å². The number of rotatable bonds is 5. The van der Waals surface area contributed by atoms with Crippen LogP contribution in [0.1, 0.15) is 20.4 Å². The maximum atomic E-state index is 14.2. The average Bonchev–Trinajstić information content (AvgIpc) is 3.25. The van der Waals surface area contributed by atoms with Crippen LogP contribution >= 0.6 is 35.1 Å². The summed E-state index contributed by atoms with van der Waals surface area (Å²) in [4.78, 5) is 26.3. The van der Waals surface area contributed by atoms with Gasteiger partial charge in [-0.3, -0.25) is 14.6 Å². The highest BCUT2D eigenvalue weighted by Crippen LogP contribution is 2.33. The highest BCUT2D eigenvalue weighted by Gasteiger charge is 2.26. The molecule has 3 aromatic rings. The van der Waals surface area contributed by atoms with Crippen LogP contribution in [0.2, 0.25) is 0 Å². The van der Waals surface area contributed by atoms with Crippen LogP contribution in [-0.4, -0.2) is 60.2 Å². The zero-order valence-corrected chi connectivity index (χ0v) is 18.9. The van der Waals surface area contributed by atoms with E-state index in [2.05, 4.69) is 14.9 Å². The molecule has 3 heterocycles. The van der Waals surface area contributed by atoms with Crippen molar-refractivity contribution in [1.29, 1.82) is 0 Å². The second-order valence-corrected chi connectivity index (χ2v) is 9.00. The molecule has 1 fully saturated rings. The topological polar surface area (TPSA) is 58.6 Å². The number of benzene rings is 1. The van der Waals surface area contributed by atoms with E-state index >= 15 is 0 Å². The van der Waals surface area contributed by atoms with Crippen LogP contribution in [0.4, 0.5) is 13.9 Å². The molecule has 1 aromatic carbocycles. The first kappa shape index (κ1) is 23.0. The standard InChI is InChI=1S/C19H20F2N4O2S2.ClH/c1-11-17(28-12(2)22-11)18(26)25(4-3-24-5-7-27-8-6-24)19-23-16-14(21)9-13(20)10-15(16)29-19;/h9-10H,3-8H2,1-2H3;1H. The van der Waals surface area contributed by atoms with E-state index in [1.54, 1.807) is 11.8 Å². The Kier molecular flexibility index (Phi) is 7.35. The molecule has 0 unspecified atom stereocenters. The summed E-state index contributed by atoms with van der Waals surface area (Å²) in [7, 11) is 0. The van der Waals surface area contributed by atoms with Gasteiger partial charge in [0.05, 0.1) is 28.6 Å². The number of hydrogen-bond acceptors (Lipinski definition) is 7. The van der Waals surface area contributed by atoms with Gasteiger partial charge in [-0.2, -0.15) is 0 Å². The molecular weight excluding hydrogens is 454 g/mol.